The van der Waals surface area contributed by atoms with Crippen molar-refractivity contribution in [1.82, 2.24) is 0 Å². The van der Waals surface area contributed by atoms with Crippen molar-refractivity contribution in [1.29, 1.82) is 0 Å². The minimum Gasteiger partial charge on any atom is -0.0622 e. The topological polar surface area (TPSA) is 0 Å². The van der Waals surface area contributed by atoms with Gasteiger partial charge in [0.25, 0.3) is 0 Å². The van der Waals surface area contributed by atoms with E-state index in [-0.39, 0.29) is 15.8 Å². The summed E-state index contributed by atoms with van der Waals surface area (Å²) >= 11 is 0. The Labute approximate surface area is 245 Å². The molecule has 2 aliphatic rings. The van der Waals surface area contributed by atoms with E-state index in [1.165, 1.54) is 38.5 Å². The first-order valence-corrected chi connectivity index (χ1v) is 18.3. The van der Waals surface area contributed by atoms with Gasteiger partial charge in [-0.25, -0.2) is 0 Å². The monoisotopic (exact) mass is 562 g/mol. The lowest BCUT2D eigenvalue weighted by atomic mass is 9.76. The lowest BCUT2D eigenvalue weighted by Crippen LogP contribution is -2.35. The second kappa shape index (κ2) is 13.1. The summed E-state index contributed by atoms with van der Waals surface area (Å²) in [6.07, 6.45) is 8.52. The summed E-state index contributed by atoms with van der Waals surface area (Å²) in [5, 5.41) is 6.20. The average molecular weight is 563 g/mol. The molecule has 6 rings (SSSR count). The van der Waals surface area contributed by atoms with E-state index in [0.717, 1.165) is 23.7 Å². The van der Waals surface area contributed by atoms with Gasteiger partial charge < -0.3 is 0 Å². The fraction of sp³-hybridized carbons (Fsp3) is 0.368. The van der Waals surface area contributed by atoms with Gasteiger partial charge in [0.2, 0.25) is 0 Å². The van der Waals surface area contributed by atoms with Crippen LogP contribution in [0.2, 0.25) is 0 Å². The Morgan fingerprint density at radius 3 is 0.975 bits per heavy atom. The summed E-state index contributed by atoms with van der Waals surface area (Å²) < 4.78 is 0. The van der Waals surface area contributed by atoms with Crippen molar-refractivity contribution in [2.45, 2.75) is 63.7 Å². The molecule has 0 saturated heterocycles. The lowest BCUT2D eigenvalue weighted by molar-refractivity contribution is 0.207. The Hall–Kier alpha value is -2.26. The van der Waals surface area contributed by atoms with Gasteiger partial charge in [-0.1, -0.05) is 148 Å². The van der Waals surface area contributed by atoms with Gasteiger partial charge >= 0.3 is 0 Å². The summed E-state index contributed by atoms with van der Waals surface area (Å²) in [5.41, 5.74) is 1.40. The standard InChI is InChI=1S/C38H44P2/c1-29(39(31-17-7-3-8-18-31)32-19-9-4-10-20-32)35-25-15-27-37(35)38-28-16-26-36(38)30(2)40(33-21-11-5-12-22-33)34-23-13-6-14-24-34/h3-14,17-24,29-30,35-38H,15-16,25-28H2,1-2H3/t29-,30-,35?,36?,37?,38?/m0/s1. The van der Waals surface area contributed by atoms with Crippen LogP contribution in [-0.2, 0) is 0 Å². The van der Waals surface area contributed by atoms with Crippen LogP contribution in [0.3, 0.4) is 0 Å². The predicted molar refractivity (Wildman–Crippen MR) is 179 cm³/mol. The number of benzene rings is 4. The lowest BCUT2D eigenvalue weighted by Gasteiger charge is -2.40. The Kier molecular flexibility index (Phi) is 9.17. The molecule has 40 heavy (non-hydrogen) atoms. The highest BCUT2D eigenvalue weighted by atomic mass is 31.1. The van der Waals surface area contributed by atoms with Gasteiger partial charge in [0.1, 0.15) is 0 Å². The summed E-state index contributed by atoms with van der Waals surface area (Å²) in [7, 11) is -0.749. The normalized spacial score (nSPS) is 24.4. The third kappa shape index (κ3) is 5.87. The van der Waals surface area contributed by atoms with Crippen molar-refractivity contribution >= 4 is 37.1 Å². The SMILES string of the molecule is C[C@@H](C1CCCC1C1CCCC1[C@H](C)P(c1ccccc1)c1ccccc1)P(c1ccccc1)c1ccccc1. The zero-order valence-electron chi connectivity index (χ0n) is 24.1. The van der Waals surface area contributed by atoms with E-state index in [2.05, 4.69) is 135 Å². The van der Waals surface area contributed by atoms with E-state index >= 15 is 0 Å². The van der Waals surface area contributed by atoms with Gasteiger partial charge in [-0.2, -0.15) is 0 Å². The molecular weight excluding hydrogens is 518 g/mol. The molecule has 0 N–H and O–H groups in total. The molecule has 0 radical (unpaired) electrons. The largest absolute Gasteiger partial charge is 0.0622 e. The molecule has 4 aromatic carbocycles. The minimum atomic E-state index is -0.374. The van der Waals surface area contributed by atoms with Crippen LogP contribution in [0.5, 0.6) is 0 Å². The fourth-order valence-electron chi connectivity index (χ4n) is 8.27. The fourth-order valence-corrected chi connectivity index (χ4v) is 14.2. The first-order valence-electron chi connectivity index (χ1n) is 15.5. The second-order valence-corrected chi connectivity index (χ2v) is 17.3. The summed E-state index contributed by atoms with van der Waals surface area (Å²) in [4.78, 5) is 0. The van der Waals surface area contributed by atoms with E-state index in [4.69, 9.17) is 0 Å². The van der Waals surface area contributed by atoms with Crippen LogP contribution in [0.1, 0.15) is 52.4 Å². The molecule has 0 nitrogen and oxygen atoms in total. The zero-order valence-corrected chi connectivity index (χ0v) is 25.9. The molecule has 4 aromatic rings. The van der Waals surface area contributed by atoms with E-state index in [9.17, 15) is 0 Å². The summed E-state index contributed by atoms with van der Waals surface area (Å²) in [6, 6.07) is 45.8. The molecule has 0 amide bonds. The molecule has 2 fully saturated rings. The first-order chi connectivity index (χ1) is 19.7. The third-order valence-corrected chi connectivity index (χ3v) is 15.8. The van der Waals surface area contributed by atoms with Gasteiger partial charge in [-0.15, -0.1) is 0 Å². The van der Waals surface area contributed by atoms with Crippen LogP contribution >= 0.6 is 15.8 Å². The van der Waals surface area contributed by atoms with Gasteiger partial charge in [-0.3, -0.25) is 0 Å². The van der Waals surface area contributed by atoms with Crippen molar-refractivity contribution < 1.29 is 0 Å². The van der Waals surface area contributed by atoms with E-state index in [0.29, 0.717) is 11.3 Å². The van der Waals surface area contributed by atoms with Crippen molar-refractivity contribution in [2.24, 2.45) is 23.7 Å². The Morgan fingerprint density at radius 1 is 0.425 bits per heavy atom. The van der Waals surface area contributed by atoms with Gasteiger partial charge in [0.15, 0.2) is 0 Å². The van der Waals surface area contributed by atoms with Crippen LogP contribution in [0, 0.1) is 23.7 Å². The highest BCUT2D eigenvalue weighted by Crippen LogP contribution is 2.57. The number of hydrogen-bond donors (Lipinski definition) is 0. The maximum absolute atomic E-state index is 2.61. The smallest absolute Gasteiger partial charge is 0.0126 e. The van der Waals surface area contributed by atoms with Crippen LogP contribution < -0.4 is 21.2 Å². The molecule has 2 heteroatoms. The predicted octanol–water partition coefficient (Wildman–Crippen LogP) is 8.86. The zero-order chi connectivity index (χ0) is 27.3. The van der Waals surface area contributed by atoms with Gasteiger partial charge in [0, 0.05) is 0 Å². The second-order valence-electron chi connectivity index (χ2n) is 12.1. The quantitative estimate of drug-likeness (QED) is 0.179. The van der Waals surface area contributed by atoms with Crippen molar-refractivity contribution in [3.63, 3.8) is 0 Å². The van der Waals surface area contributed by atoms with Crippen LogP contribution in [0.4, 0.5) is 0 Å². The molecule has 2 aliphatic carbocycles. The van der Waals surface area contributed by atoms with Gasteiger partial charge in [-0.05, 0) is 97.7 Å². The molecule has 6 atom stereocenters. The van der Waals surface area contributed by atoms with Crippen molar-refractivity contribution in [3.05, 3.63) is 121 Å². The van der Waals surface area contributed by atoms with Crippen molar-refractivity contribution in [2.75, 3.05) is 0 Å². The Balaban J connectivity index is 1.30. The summed E-state index contributed by atoms with van der Waals surface area (Å²) in [6.45, 7) is 5.23. The van der Waals surface area contributed by atoms with Crippen LogP contribution in [0.15, 0.2) is 121 Å². The average Bonchev–Trinajstić information content (AvgIpc) is 3.70. The molecule has 206 valence electrons. The van der Waals surface area contributed by atoms with E-state index in [1.54, 1.807) is 21.2 Å². The number of hydrogen-bond acceptors (Lipinski definition) is 0. The van der Waals surface area contributed by atoms with Crippen LogP contribution in [-0.4, -0.2) is 11.3 Å². The molecule has 0 aliphatic heterocycles. The van der Waals surface area contributed by atoms with Crippen LogP contribution in [0.25, 0.3) is 0 Å². The molecule has 0 heterocycles. The molecule has 0 aromatic heterocycles. The molecular formula is C38H44P2. The molecule has 0 bridgehead atoms. The number of rotatable bonds is 9. The summed E-state index contributed by atoms with van der Waals surface area (Å²) in [5.74, 6) is 3.38. The van der Waals surface area contributed by atoms with E-state index < -0.39 is 0 Å². The Bertz CT molecular complexity index is 1120. The molecule has 2 saturated carbocycles. The Morgan fingerprint density at radius 2 is 0.700 bits per heavy atom. The maximum Gasteiger partial charge on any atom is -0.0126 e. The third-order valence-electron chi connectivity index (χ3n) is 9.99. The van der Waals surface area contributed by atoms with E-state index in [1.807, 2.05) is 0 Å². The first kappa shape index (κ1) is 27.9. The molecule has 0 spiro atoms. The maximum atomic E-state index is 2.61. The minimum absolute atomic E-state index is 0.374. The van der Waals surface area contributed by atoms with Crippen molar-refractivity contribution in [3.8, 4) is 0 Å². The molecule has 4 unspecified atom stereocenters. The highest BCUT2D eigenvalue weighted by Gasteiger charge is 2.46. The van der Waals surface area contributed by atoms with Gasteiger partial charge in [0.05, 0.1) is 0 Å². The highest BCUT2D eigenvalue weighted by molar-refractivity contribution is 7.74.